The molecular formula is C24H20O6. The minimum absolute atomic E-state index is 0.0709. The van der Waals surface area contributed by atoms with Gasteiger partial charge in [0.05, 0.1) is 5.56 Å². The summed E-state index contributed by atoms with van der Waals surface area (Å²) in [6, 6.07) is 17.5. The fourth-order valence-corrected chi connectivity index (χ4v) is 3.63. The number of hydrogen-bond donors (Lipinski definition) is 4. The fourth-order valence-electron chi connectivity index (χ4n) is 3.63. The number of aliphatic hydroxyl groups excluding tert-OH is 1. The quantitative estimate of drug-likeness (QED) is 0.381. The molecule has 4 aromatic carbocycles. The number of hydrogen-bond acceptors (Lipinski definition) is 5. The number of aromatic hydroxyl groups is 2. The minimum Gasteiger partial charge on any atom is -0.507 e. The summed E-state index contributed by atoms with van der Waals surface area (Å²) in [4.78, 5) is 23.0. The second-order valence-corrected chi connectivity index (χ2v) is 6.59. The van der Waals surface area contributed by atoms with E-state index in [0.29, 0.717) is 28.2 Å². The monoisotopic (exact) mass is 404 g/mol. The zero-order valence-electron chi connectivity index (χ0n) is 16.2. The molecule has 0 saturated carbocycles. The van der Waals surface area contributed by atoms with Gasteiger partial charge in [0, 0.05) is 24.7 Å². The van der Waals surface area contributed by atoms with Crippen molar-refractivity contribution in [2.45, 2.75) is 6.42 Å². The van der Waals surface area contributed by atoms with Crippen LogP contribution < -0.4 is 0 Å². The van der Waals surface area contributed by atoms with E-state index in [2.05, 4.69) is 0 Å². The van der Waals surface area contributed by atoms with Crippen LogP contribution in [0.4, 0.5) is 0 Å². The van der Waals surface area contributed by atoms with Crippen molar-refractivity contribution in [3.63, 3.8) is 0 Å². The lowest BCUT2D eigenvalue weighted by Crippen LogP contribution is -2.02. The Bertz CT molecular complexity index is 1260. The van der Waals surface area contributed by atoms with Gasteiger partial charge in [-0.1, -0.05) is 48.5 Å². The third kappa shape index (κ3) is 3.56. The van der Waals surface area contributed by atoms with Crippen molar-refractivity contribution in [1.82, 2.24) is 0 Å². The topological polar surface area (TPSA) is 115 Å². The standard InChI is InChI=1S/C23H16O5.CH4O/c24-12-15-9-13-5-1-3-7-16(13)18(21(15)25)11-19-17-8-4-2-6-14(17)10-20(22(19)26)23(27)28;1-2/h1-10,12,25-26H,11H2,(H,27,28);2H,1H3. The molecule has 30 heavy (non-hydrogen) atoms. The van der Waals surface area contributed by atoms with Crippen LogP contribution in [0.15, 0.2) is 60.7 Å². The smallest absolute Gasteiger partial charge is 0.339 e. The van der Waals surface area contributed by atoms with E-state index in [1.165, 1.54) is 6.07 Å². The number of carbonyl (C=O) groups is 2. The predicted molar refractivity (Wildman–Crippen MR) is 115 cm³/mol. The van der Waals surface area contributed by atoms with Crippen molar-refractivity contribution < 1.29 is 30.0 Å². The number of carbonyl (C=O) groups excluding carboxylic acids is 1. The highest BCUT2D eigenvalue weighted by Gasteiger charge is 2.20. The molecule has 6 nitrogen and oxygen atoms in total. The molecule has 0 spiro atoms. The molecule has 0 fully saturated rings. The lowest BCUT2D eigenvalue weighted by Gasteiger charge is -2.15. The average molecular weight is 404 g/mol. The molecule has 0 unspecified atom stereocenters. The highest BCUT2D eigenvalue weighted by Crippen LogP contribution is 2.38. The first-order valence-electron chi connectivity index (χ1n) is 9.11. The average Bonchev–Trinajstić information content (AvgIpc) is 2.77. The Balaban J connectivity index is 0.00000124. The summed E-state index contributed by atoms with van der Waals surface area (Å²) < 4.78 is 0. The third-order valence-electron chi connectivity index (χ3n) is 4.99. The van der Waals surface area contributed by atoms with Gasteiger partial charge in [-0.05, 0) is 33.7 Å². The molecule has 4 aromatic rings. The molecule has 0 bridgehead atoms. The second kappa shape index (κ2) is 8.63. The molecular weight excluding hydrogens is 384 g/mol. The first kappa shape index (κ1) is 20.8. The number of aldehydes is 1. The molecule has 0 amide bonds. The zero-order chi connectivity index (χ0) is 21.8. The van der Waals surface area contributed by atoms with Gasteiger partial charge in [0.1, 0.15) is 17.1 Å². The van der Waals surface area contributed by atoms with Gasteiger partial charge in [-0.15, -0.1) is 0 Å². The molecule has 4 rings (SSSR count). The summed E-state index contributed by atoms with van der Waals surface area (Å²) in [5, 5.41) is 40.7. The van der Waals surface area contributed by atoms with Gasteiger partial charge >= 0.3 is 5.97 Å². The molecule has 0 aliphatic carbocycles. The van der Waals surface area contributed by atoms with Crippen molar-refractivity contribution in [2.24, 2.45) is 0 Å². The molecule has 0 saturated heterocycles. The van der Waals surface area contributed by atoms with Gasteiger partial charge in [0.15, 0.2) is 6.29 Å². The van der Waals surface area contributed by atoms with Gasteiger partial charge in [-0.25, -0.2) is 4.79 Å². The van der Waals surface area contributed by atoms with Crippen LogP contribution in [0.25, 0.3) is 21.5 Å². The molecule has 4 N–H and O–H groups in total. The largest absolute Gasteiger partial charge is 0.507 e. The van der Waals surface area contributed by atoms with Gasteiger partial charge in [-0.2, -0.15) is 0 Å². The minimum atomic E-state index is -1.24. The molecule has 0 radical (unpaired) electrons. The van der Waals surface area contributed by atoms with Crippen LogP contribution in [0.3, 0.4) is 0 Å². The van der Waals surface area contributed by atoms with Crippen molar-refractivity contribution in [3.8, 4) is 11.5 Å². The van der Waals surface area contributed by atoms with E-state index in [1.54, 1.807) is 30.3 Å². The van der Waals surface area contributed by atoms with Crippen LogP contribution in [0.5, 0.6) is 11.5 Å². The Morgan fingerprint density at radius 1 is 0.833 bits per heavy atom. The Labute approximate surface area is 172 Å². The van der Waals surface area contributed by atoms with Crippen molar-refractivity contribution in [1.29, 1.82) is 0 Å². The second-order valence-electron chi connectivity index (χ2n) is 6.59. The van der Waals surface area contributed by atoms with Crippen molar-refractivity contribution >= 4 is 33.8 Å². The summed E-state index contributed by atoms with van der Waals surface area (Å²) >= 11 is 0. The maximum atomic E-state index is 11.6. The van der Waals surface area contributed by atoms with Crippen molar-refractivity contribution in [2.75, 3.05) is 7.11 Å². The number of carboxylic acids is 1. The predicted octanol–water partition coefficient (Wildman–Crippen LogP) is 4.11. The lowest BCUT2D eigenvalue weighted by atomic mass is 9.90. The number of carboxylic acid groups (broad SMARTS) is 1. The maximum Gasteiger partial charge on any atom is 0.339 e. The number of fused-ring (bicyclic) bond motifs is 2. The zero-order valence-corrected chi connectivity index (χ0v) is 16.2. The van der Waals surface area contributed by atoms with Crippen molar-refractivity contribution in [3.05, 3.63) is 82.9 Å². The molecule has 0 heterocycles. The van der Waals surface area contributed by atoms with E-state index in [4.69, 9.17) is 5.11 Å². The highest BCUT2D eigenvalue weighted by atomic mass is 16.4. The van der Waals surface area contributed by atoms with E-state index < -0.39 is 5.97 Å². The summed E-state index contributed by atoms with van der Waals surface area (Å²) in [6.45, 7) is 0. The lowest BCUT2D eigenvalue weighted by molar-refractivity contribution is 0.0693. The Kier molecular flexibility index (Phi) is 5.99. The molecule has 0 aromatic heterocycles. The molecule has 0 aliphatic heterocycles. The van der Waals surface area contributed by atoms with Crippen LogP contribution in [0, 0.1) is 0 Å². The van der Waals surface area contributed by atoms with Gasteiger partial charge in [0.2, 0.25) is 0 Å². The van der Waals surface area contributed by atoms with Gasteiger partial charge in [-0.3, -0.25) is 4.79 Å². The van der Waals surface area contributed by atoms with Crippen LogP contribution in [0.1, 0.15) is 31.8 Å². The molecule has 152 valence electrons. The first-order chi connectivity index (χ1) is 14.5. The summed E-state index contributed by atoms with van der Waals surface area (Å²) in [5.74, 6) is -1.75. The van der Waals surface area contributed by atoms with Gasteiger partial charge in [0.25, 0.3) is 0 Å². The molecule has 0 aliphatic rings. The normalized spacial score (nSPS) is 10.5. The van der Waals surface area contributed by atoms with Crippen LogP contribution in [0.2, 0.25) is 0 Å². The number of aliphatic hydroxyl groups is 1. The van der Waals surface area contributed by atoms with Crippen LogP contribution >= 0.6 is 0 Å². The molecule has 6 heteroatoms. The number of phenols is 2. The summed E-state index contributed by atoms with van der Waals surface area (Å²) in [6.07, 6.45) is 0.651. The van der Waals surface area contributed by atoms with E-state index in [-0.39, 0.29) is 29.0 Å². The van der Waals surface area contributed by atoms with E-state index in [9.17, 15) is 24.9 Å². The Morgan fingerprint density at radius 3 is 1.87 bits per heavy atom. The Hall–Kier alpha value is -3.90. The number of rotatable bonds is 4. The number of phenolic OH excluding ortho intramolecular Hbond substituents is 1. The maximum absolute atomic E-state index is 11.6. The van der Waals surface area contributed by atoms with Crippen LogP contribution in [-0.4, -0.2) is 39.8 Å². The first-order valence-corrected chi connectivity index (χ1v) is 9.11. The number of aromatic carboxylic acids is 1. The van der Waals surface area contributed by atoms with Crippen LogP contribution in [-0.2, 0) is 6.42 Å². The SMILES string of the molecule is CO.O=Cc1cc2ccccc2c(Cc2c(O)c(C(=O)O)cc3ccccc23)c1O. The van der Waals surface area contributed by atoms with E-state index >= 15 is 0 Å². The summed E-state index contributed by atoms with van der Waals surface area (Å²) in [7, 11) is 1.00. The van der Waals surface area contributed by atoms with E-state index in [0.717, 1.165) is 17.9 Å². The highest BCUT2D eigenvalue weighted by molar-refractivity contribution is 6.01. The third-order valence-corrected chi connectivity index (χ3v) is 4.99. The fraction of sp³-hybridized carbons (Fsp3) is 0.0833. The van der Waals surface area contributed by atoms with E-state index in [1.807, 2.05) is 24.3 Å². The summed E-state index contributed by atoms with van der Waals surface area (Å²) in [5.41, 5.74) is 0.790. The molecule has 0 atom stereocenters. The van der Waals surface area contributed by atoms with Gasteiger partial charge < -0.3 is 20.4 Å². The Morgan fingerprint density at radius 2 is 1.33 bits per heavy atom. The number of benzene rings is 4.